The van der Waals surface area contributed by atoms with Gasteiger partial charge < -0.3 is 15.7 Å². The van der Waals surface area contributed by atoms with Gasteiger partial charge in [-0.25, -0.2) is 0 Å². The number of aliphatic hydroxyl groups is 1. The Morgan fingerprint density at radius 2 is 2.38 bits per heavy atom. The van der Waals surface area contributed by atoms with Crippen LogP contribution >= 0.6 is 0 Å². The van der Waals surface area contributed by atoms with Gasteiger partial charge >= 0.3 is 0 Å². The number of aliphatic hydroxyl groups excluding tert-OH is 1. The van der Waals surface area contributed by atoms with Gasteiger partial charge in [0.2, 0.25) is 5.91 Å². The average Bonchev–Trinajstić information content (AvgIpc) is 2.79. The number of hydrogen-bond donors (Lipinski definition) is 3. The molecule has 0 bridgehead atoms. The fraction of sp³-hybridized carbons (Fsp3) is 0.917. The second-order valence-electron chi connectivity index (χ2n) is 4.60. The van der Waals surface area contributed by atoms with Crippen molar-refractivity contribution in [1.82, 2.24) is 10.6 Å². The van der Waals surface area contributed by atoms with E-state index < -0.39 is 0 Å². The predicted octanol–water partition coefficient (Wildman–Crippen LogP) is 0.511. The number of rotatable bonds is 7. The standard InChI is InChI=1S/C12H24N2O2/c1-2-3-10(5-7-15)8-14-12(16)11-4-6-13-9-11/h10-11,13,15H,2-9H2,1H3,(H,14,16). The van der Waals surface area contributed by atoms with Crippen LogP contribution in [0.5, 0.6) is 0 Å². The Hall–Kier alpha value is -0.610. The van der Waals surface area contributed by atoms with Gasteiger partial charge in [-0.3, -0.25) is 4.79 Å². The van der Waals surface area contributed by atoms with E-state index >= 15 is 0 Å². The van der Waals surface area contributed by atoms with Crippen molar-refractivity contribution in [1.29, 1.82) is 0 Å². The van der Waals surface area contributed by atoms with Crippen molar-refractivity contribution in [3.8, 4) is 0 Å². The average molecular weight is 228 g/mol. The van der Waals surface area contributed by atoms with Gasteiger partial charge in [0.25, 0.3) is 0 Å². The predicted molar refractivity (Wildman–Crippen MR) is 64.1 cm³/mol. The Balaban J connectivity index is 2.21. The van der Waals surface area contributed by atoms with E-state index in [1.807, 2.05) is 0 Å². The van der Waals surface area contributed by atoms with E-state index in [4.69, 9.17) is 5.11 Å². The maximum atomic E-state index is 11.7. The topological polar surface area (TPSA) is 61.4 Å². The molecule has 1 heterocycles. The van der Waals surface area contributed by atoms with E-state index in [9.17, 15) is 4.79 Å². The molecule has 0 spiro atoms. The van der Waals surface area contributed by atoms with Crippen molar-refractivity contribution in [2.45, 2.75) is 32.6 Å². The molecule has 4 heteroatoms. The highest BCUT2D eigenvalue weighted by Gasteiger charge is 2.22. The minimum absolute atomic E-state index is 0.149. The fourth-order valence-corrected chi connectivity index (χ4v) is 2.21. The summed E-state index contributed by atoms with van der Waals surface area (Å²) in [7, 11) is 0. The second kappa shape index (κ2) is 7.63. The van der Waals surface area contributed by atoms with Crippen LogP contribution < -0.4 is 10.6 Å². The molecule has 0 saturated carbocycles. The quantitative estimate of drug-likeness (QED) is 0.595. The molecular weight excluding hydrogens is 204 g/mol. The Bertz CT molecular complexity index is 197. The molecular formula is C12H24N2O2. The number of carbonyl (C=O) groups is 1. The summed E-state index contributed by atoms with van der Waals surface area (Å²) in [6.07, 6.45) is 3.91. The molecule has 1 amide bonds. The van der Waals surface area contributed by atoms with Gasteiger partial charge in [-0.1, -0.05) is 13.3 Å². The Labute approximate surface area is 97.8 Å². The first-order valence-corrected chi connectivity index (χ1v) is 6.37. The van der Waals surface area contributed by atoms with Crippen LogP contribution in [0.2, 0.25) is 0 Å². The largest absolute Gasteiger partial charge is 0.396 e. The van der Waals surface area contributed by atoms with Crippen molar-refractivity contribution < 1.29 is 9.90 Å². The summed E-state index contributed by atoms with van der Waals surface area (Å²) in [5.41, 5.74) is 0. The van der Waals surface area contributed by atoms with Crippen LogP contribution in [0.15, 0.2) is 0 Å². The first kappa shape index (κ1) is 13.5. The number of amides is 1. The molecule has 1 aliphatic rings. The van der Waals surface area contributed by atoms with Crippen molar-refractivity contribution in [3.05, 3.63) is 0 Å². The lowest BCUT2D eigenvalue weighted by Crippen LogP contribution is -2.35. The van der Waals surface area contributed by atoms with E-state index in [0.29, 0.717) is 12.5 Å². The Morgan fingerprint density at radius 3 is 2.94 bits per heavy atom. The van der Waals surface area contributed by atoms with Gasteiger partial charge in [0, 0.05) is 19.7 Å². The molecule has 4 nitrogen and oxygen atoms in total. The minimum atomic E-state index is 0.149. The molecule has 1 rings (SSSR count). The third kappa shape index (κ3) is 4.49. The summed E-state index contributed by atoms with van der Waals surface area (Å²) in [5, 5.41) is 15.1. The summed E-state index contributed by atoms with van der Waals surface area (Å²) in [6, 6.07) is 0. The normalized spacial score (nSPS) is 22.0. The zero-order valence-corrected chi connectivity index (χ0v) is 10.2. The zero-order chi connectivity index (χ0) is 11.8. The van der Waals surface area contributed by atoms with Crippen molar-refractivity contribution >= 4 is 5.91 Å². The molecule has 3 N–H and O–H groups in total. The van der Waals surface area contributed by atoms with E-state index in [1.54, 1.807) is 0 Å². The fourth-order valence-electron chi connectivity index (χ4n) is 2.21. The van der Waals surface area contributed by atoms with Crippen LogP contribution in [0.1, 0.15) is 32.6 Å². The maximum Gasteiger partial charge on any atom is 0.224 e. The lowest BCUT2D eigenvalue weighted by Gasteiger charge is -2.17. The first-order chi connectivity index (χ1) is 7.77. The van der Waals surface area contributed by atoms with Crippen LogP contribution in [0.25, 0.3) is 0 Å². The van der Waals surface area contributed by atoms with Crippen molar-refractivity contribution in [2.24, 2.45) is 11.8 Å². The minimum Gasteiger partial charge on any atom is -0.396 e. The highest BCUT2D eigenvalue weighted by molar-refractivity contribution is 5.79. The molecule has 16 heavy (non-hydrogen) atoms. The number of carbonyl (C=O) groups excluding carboxylic acids is 1. The van der Waals surface area contributed by atoms with Gasteiger partial charge in [-0.05, 0) is 31.7 Å². The van der Waals surface area contributed by atoms with Crippen LogP contribution in [-0.4, -0.2) is 37.3 Å². The van der Waals surface area contributed by atoms with E-state index in [0.717, 1.165) is 38.8 Å². The lowest BCUT2D eigenvalue weighted by atomic mass is 9.99. The summed E-state index contributed by atoms with van der Waals surface area (Å²) < 4.78 is 0. The summed E-state index contributed by atoms with van der Waals surface area (Å²) >= 11 is 0. The molecule has 0 aromatic rings. The molecule has 94 valence electrons. The Morgan fingerprint density at radius 1 is 1.56 bits per heavy atom. The molecule has 1 fully saturated rings. The van der Waals surface area contributed by atoms with Gasteiger partial charge in [-0.2, -0.15) is 0 Å². The van der Waals surface area contributed by atoms with E-state index in [-0.39, 0.29) is 18.4 Å². The molecule has 2 unspecified atom stereocenters. The van der Waals surface area contributed by atoms with Crippen LogP contribution in [0.4, 0.5) is 0 Å². The van der Waals surface area contributed by atoms with Gasteiger partial charge in [-0.15, -0.1) is 0 Å². The van der Waals surface area contributed by atoms with Crippen molar-refractivity contribution in [3.63, 3.8) is 0 Å². The summed E-state index contributed by atoms with van der Waals surface area (Å²) in [6.45, 7) is 4.82. The third-order valence-electron chi connectivity index (χ3n) is 3.23. The van der Waals surface area contributed by atoms with E-state index in [1.165, 1.54) is 0 Å². The van der Waals surface area contributed by atoms with Gasteiger partial charge in [0.05, 0.1) is 5.92 Å². The SMILES string of the molecule is CCCC(CCO)CNC(=O)C1CCNC1. The molecule has 2 atom stereocenters. The number of nitrogens with one attached hydrogen (secondary N) is 2. The molecule has 0 radical (unpaired) electrons. The molecule has 0 aromatic heterocycles. The molecule has 0 aromatic carbocycles. The van der Waals surface area contributed by atoms with Crippen LogP contribution in [0, 0.1) is 11.8 Å². The summed E-state index contributed by atoms with van der Waals surface area (Å²) in [5.74, 6) is 0.744. The molecule has 1 saturated heterocycles. The highest BCUT2D eigenvalue weighted by atomic mass is 16.3. The second-order valence-corrected chi connectivity index (χ2v) is 4.60. The first-order valence-electron chi connectivity index (χ1n) is 6.37. The van der Waals surface area contributed by atoms with Crippen molar-refractivity contribution in [2.75, 3.05) is 26.2 Å². The zero-order valence-electron chi connectivity index (χ0n) is 10.2. The van der Waals surface area contributed by atoms with Gasteiger partial charge in [0.15, 0.2) is 0 Å². The summed E-state index contributed by atoms with van der Waals surface area (Å²) in [4.78, 5) is 11.7. The third-order valence-corrected chi connectivity index (χ3v) is 3.23. The van der Waals surface area contributed by atoms with E-state index in [2.05, 4.69) is 17.6 Å². The maximum absolute atomic E-state index is 11.7. The van der Waals surface area contributed by atoms with Crippen LogP contribution in [-0.2, 0) is 4.79 Å². The monoisotopic (exact) mass is 228 g/mol. The Kier molecular flexibility index (Phi) is 6.42. The van der Waals surface area contributed by atoms with Crippen LogP contribution in [0.3, 0.4) is 0 Å². The number of hydrogen-bond acceptors (Lipinski definition) is 3. The lowest BCUT2D eigenvalue weighted by molar-refractivity contribution is -0.124. The van der Waals surface area contributed by atoms with Gasteiger partial charge in [0.1, 0.15) is 0 Å². The molecule has 0 aliphatic carbocycles. The highest BCUT2D eigenvalue weighted by Crippen LogP contribution is 2.11. The smallest absolute Gasteiger partial charge is 0.224 e. The molecule has 1 aliphatic heterocycles.